The maximum Gasteiger partial charge on any atom is 0.223 e. The second-order valence-electron chi connectivity index (χ2n) is 8.01. The molecule has 0 bridgehead atoms. The number of nitrogens with zero attached hydrogens (tertiary/aromatic N) is 1. The minimum absolute atomic E-state index is 0.0455. The summed E-state index contributed by atoms with van der Waals surface area (Å²) in [5.74, 6) is 1.57. The number of hydrogen-bond donors (Lipinski definition) is 0. The van der Waals surface area contributed by atoms with Gasteiger partial charge in [0.2, 0.25) is 5.91 Å². The molecule has 0 spiro atoms. The van der Waals surface area contributed by atoms with Gasteiger partial charge in [0.15, 0.2) is 17.3 Å². The second kappa shape index (κ2) is 8.27. The Labute approximate surface area is 171 Å². The van der Waals surface area contributed by atoms with E-state index in [1.54, 1.807) is 18.2 Å². The first-order valence-corrected chi connectivity index (χ1v) is 10.3. The molecule has 0 fully saturated rings. The van der Waals surface area contributed by atoms with Gasteiger partial charge in [-0.2, -0.15) is 0 Å². The monoisotopic (exact) mass is 393 g/mol. The average molecular weight is 393 g/mol. The van der Waals surface area contributed by atoms with E-state index in [1.165, 1.54) is 11.1 Å². The molecule has 0 N–H and O–H groups in total. The molecule has 1 atom stereocenters. The molecule has 5 nitrogen and oxygen atoms in total. The van der Waals surface area contributed by atoms with Crippen molar-refractivity contribution in [3.8, 4) is 11.5 Å². The molecule has 2 heterocycles. The Morgan fingerprint density at radius 3 is 2.59 bits per heavy atom. The maximum atomic E-state index is 13.0. The number of carbonyl (C=O) groups is 2. The predicted molar refractivity (Wildman–Crippen MR) is 110 cm³/mol. The number of ether oxygens (including phenoxy) is 2. The Hall–Kier alpha value is -2.82. The third kappa shape index (κ3) is 4.00. The lowest BCUT2D eigenvalue weighted by Gasteiger charge is -2.40. The Morgan fingerprint density at radius 2 is 1.79 bits per heavy atom. The van der Waals surface area contributed by atoms with Crippen molar-refractivity contribution in [3.63, 3.8) is 0 Å². The first-order chi connectivity index (χ1) is 14.0. The molecule has 1 amide bonds. The minimum Gasteiger partial charge on any atom is -0.486 e. The number of rotatable bonds is 5. The molecule has 2 aliphatic heterocycles. The number of amides is 1. The number of benzene rings is 2. The summed E-state index contributed by atoms with van der Waals surface area (Å²) in [5.41, 5.74) is 3.12. The highest BCUT2D eigenvalue weighted by Crippen LogP contribution is 2.36. The van der Waals surface area contributed by atoms with Crippen molar-refractivity contribution in [1.82, 2.24) is 4.90 Å². The van der Waals surface area contributed by atoms with Gasteiger partial charge in [-0.1, -0.05) is 38.1 Å². The van der Waals surface area contributed by atoms with Crippen LogP contribution in [0.4, 0.5) is 0 Å². The Kier molecular flexibility index (Phi) is 5.56. The molecule has 1 unspecified atom stereocenters. The lowest BCUT2D eigenvalue weighted by atomic mass is 9.86. The molecule has 0 saturated heterocycles. The molecular weight excluding hydrogens is 366 g/mol. The summed E-state index contributed by atoms with van der Waals surface area (Å²) in [4.78, 5) is 27.6. The lowest BCUT2D eigenvalue weighted by Crippen LogP contribution is -2.42. The van der Waals surface area contributed by atoms with Crippen molar-refractivity contribution in [2.75, 3.05) is 19.8 Å². The van der Waals surface area contributed by atoms with E-state index in [1.807, 2.05) is 11.0 Å². The first kappa shape index (κ1) is 19.5. The molecule has 2 aliphatic rings. The molecule has 0 aromatic heterocycles. The van der Waals surface area contributed by atoms with Crippen LogP contribution in [-0.4, -0.2) is 36.3 Å². The van der Waals surface area contributed by atoms with E-state index in [2.05, 4.69) is 32.0 Å². The minimum atomic E-state index is -0.0474. The lowest BCUT2D eigenvalue weighted by molar-refractivity contribution is -0.135. The van der Waals surface area contributed by atoms with Crippen LogP contribution in [0.3, 0.4) is 0 Å². The van der Waals surface area contributed by atoms with Crippen LogP contribution in [0.5, 0.6) is 11.5 Å². The zero-order valence-corrected chi connectivity index (χ0v) is 17.0. The van der Waals surface area contributed by atoms with E-state index >= 15 is 0 Å². The van der Waals surface area contributed by atoms with Gasteiger partial charge in [-0.3, -0.25) is 9.59 Å². The van der Waals surface area contributed by atoms with Crippen molar-refractivity contribution in [3.05, 3.63) is 59.2 Å². The number of carbonyl (C=O) groups excluding carboxylic acids is 2. The van der Waals surface area contributed by atoms with Crippen LogP contribution in [0.2, 0.25) is 0 Å². The summed E-state index contributed by atoms with van der Waals surface area (Å²) < 4.78 is 11.1. The Morgan fingerprint density at radius 1 is 1.03 bits per heavy atom. The van der Waals surface area contributed by atoms with E-state index in [9.17, 15) is 9.59 Å². The van der Waals surface area contributed by atoms with Gasteiger partial charge in [0, 0.05) is 24.9 Å². The summed E-state index contributed by atoms with van der Waals surface area (Å²) in [7, 11) is 0. The van der Waals surface area contributed by atoms with Gasteiger partial charge < -0.3 is 14.4 Å². The van der Waals surface area contributed by atoms with Crippen LogP contribution in [-0.2, 0) is 11.2 Å². The molecule has 0 saturated carbocycles. The summed E-state index contributed by atoms with van der Waals surface area (Å²) in [6.45, 7) is 6.00. The van der Waals surface area contributed by atoms with Gasteiger partial charge in [-0.05, 0) is 41.7 Å². The zero-order chi connectivity index (χ0) is 20.4. The number of ketones is 1. The van der Waals surface area contributed by atoms with E-state index < -0.39 is 0 Å². The van der Waals surface area contributed by atoms with Gasteiger partial charge in [-0.25, -0.2) is 0 Å². The highest BCUT2D eigenvalue weighted by Gasteiger charge is 2.32. The molecule has 29 heavy (non-hydrogen) atoms. The summed E-state index contributed by atoms with van der Waals surface area (Å²) in [6.07, 6.45) is 1.28. The molecule has 152 valence electrons. The fraction of sp³-hybridized carbons (Fsp3) is 0.417. The van der Waals surface area contributed by atoms with Crippen molar-refractivity contribution in [2.45, 2.75) is 39.2 Å². The normalized spacial score (nSPS) is 17.8. The molecule has 5 heteroatoms. The highest BCUT2D eigenvalue weighted by molar-refractivity contribution is 5.98. The molecule has 2 aromatic rings. The van der Waals surface area contributed by atoms with Crippen LogP contribution >= 0.6 is 0 Å². The van der Waals surface area contributed by atoms with Crippen molar-refractivity contribution < 1.29 is 19.1 Å². The smallest absolute Gasteiger partial charge is 0.223 e. The molecule has 0 radical (unpaired) electrons. The summed E-state index contributed by atoms with van der Waals surface area (Å²) >= 11 is 0. The van der Waals surface area contributed by atoms with Gasteiger partial charge in [0.1, 0.15) is 13.2 Å². The SMILES string of the molecule is CC(C)C1c2ccccc2CCN1C(=O)CCC(=O)c1ccc2c(c1)OCCO2. The molecular formula is C24H27NO4. The number of Topliss-reactive ketones (excluding diaryl/α,β-unsaturated/α-hetero) is 1. The van der Waals surface area contributed by atoms with Crippen molar-refractivity contribution in [1.29, 1.82) is 0 Å². The van der Waals surface area contributed by atoms with E-state index in [-0.39, 0.29) is 30.6 Å². The van der Waals surface area contributed by atoms with Crippen LogP contribution in [0.1, 0.15) is 54.2 Å². The van der Waals surface area contributed by atoms with Gasteiger partial charge in [0.05, 0.1) is 6.04 Å². The van der Waals surface area contributed by atoms with Crippen LogP contribution in [0.15, 0.2) is 42.5 Å². The Bertz CT molecular complexity index is 921. The topological polar surface area (TPSA) is 55.8 Å². The van der Waals surface area contributed by atoms with Crippen LogP contribution < -0.4 is 9.47 Å². The van der Waals surface area contributed by atoms with Crippen LogP contribution in [0.25, 0.3) is 0 Å². The second-order valence-corrected chi connectivity index (χ2v) is 8.01. The Balaban J connectivity index is 1.43. The van der Waals surface area contributed by atoms with E-state index in [0.29, 0.717) is 42.7 Å². The van der Waals surface area contributed by atoms with Crippen LogP contribution in [0, 0.1) is 5.92 Å². The number of hydrogen-bond acceptors (Lipinski definition) is 4. The largest absolute Gasteiger partial charge is 0.486 e. The standard InChI is InChI=1S/C24H27NO4/c1-16(2)24-19-6-4-3-5-17(19)11-12-25(24)23(27)10-8-20(26)18-7-9-21-22(15-18)29-14-13-28-21/h3-7,9,15-16,24H,8,10-14H2,1-2H3. The highest BCUT2D eigenvalue weighted by atomic mass is 16.6. The van der Waals surface area contributed by atoms with Crippen molar-refractivity contribution >= 4 is 11.7 Å². The quantitative estimate of drug-likeness (QED) is 0.715. The van der Waals surface area contributed by atoms with Crippen molar-refractivity contribution in [2.24, 2.45) is 5.92 Å². The fourth-order valence-electron chi connectivity index (χ4n) is 4.32. The molecule has 0 aliphatic carbocycles. The third-order valence-corrected chi connectivity index (χ3v) is 5.71. The van der Waals surface area contributed by atoms with E-state index in [4.69, 9.17) is 9.47 Å². The van der Waals surface area contributed by atoms with Gasteiger partial charge in [-0.15, -0.1) is 0 Å². The maximum absolute atomic E-state index is 13.0. The first-order valence-electron chi connectivity index (χ1n) is 10.3. The molecule has 4 rings (SSSR count). The number of fused-ring (bicyclic) bond motifs is 2. The van der Waals surface area contributed by atoms with Gasteiger partial charge >= 0.3 is 0 Å². The third-order valence-electron chi connectivity index (χ3n) is 5.71. The van der Waals surface area contributed by atoms with E-state index in [0.717, 1.165) is 6.42 Å². The fourth-order valence-corrected chi connectivity index (χ4v) is 4.32. The molecule has 2 aromatic carbocycles. The summed E-state index contributed by atoms with van der Waals surface area (Å²) in [5, 5.41) is 0. The summed E-state index contributed by atoms with van der Waals surface area (Å²) in [6, 6.07) is 13.7. The average Bonchev–Trinajstić information content (AvgIpc) is 2.75. The predicted octanol–water partition coefficient (Wildman–Crippen LogP) is 4.20. The zero-order valence-electron chi connectivity index (χ0n) is 17.0. The van der Waals surface area contributed by atoms with Gasteiger partial charge in [0.25, 0.3) is 0 Å².